The summed E-state index contributed by atoms with van der Waals surface area (Å²) in [6.07, 6.45) is -1.71. The van der Waals surface area contributed by atoms with Gasteiger partial charge in [-0.15, -0.1) is 0 Å². The second-order valence-corrected chi connectivity index (χ2v) is 9.48. The molecule has 0 saturated heterocycles. The number of halogens is 4. The van der Waals surface area contributed by atoms with Crippen LogP contribution in [0.2, 0.25) is 0 Å². The van der Waals surface area contributed by atoms with E-state index in [1.165, 1.54) is 12.1 Å². The van der Waals surface area contributed by atoms with Crippen molar-refractivity contribution in [1.82, 2.24) is 4.90 Å². The third-order valence-corrected chi connectivity index (χ3v) is 7.09. The first kappa shape index (κ1) is 24.2. The molecule has 0 bridgehead atoms. The van der Waals surface area contributed by atoms with Crippen LogP contribution in [0.1, 0.15) is 72.5 Å². The van der Waals surface area contributed by atoms with Crippen molar-refractivity contribution >= 4 is 5.91 Å². The van der Waals surface area contributed by atoms with Crippen LogP contribution in [-0.2, 0) is 11.3 Å². The molecule has 180 valence electrons. The molecular weight excluding hydrogens is 448 g/mol. The van der Waals surface area contributed by atoms with E-state index in [0.717, 1.165) is 25.0 Å². The Morgan fingerprint density at radius 3 is 2.00 bits per heavy atom. The molecule has 1 atom stereocenters. The molecule has 0 spiro atoms. The van der Waals surface area contributed by atoms with E-state index in [9.17, 15) is 23.1 Å². The van der Waals surface area contributed by atoms with Gasteiger partial charge in [0.25, 0.3) is 5.91 Å². The number of hydrogen-bond donors (Lipinski definition) is 1. The largest absolute Gasteiger partial charge is 0.421 e. The fourth-order valence-electron chi connectivity index (χ4n) is 4.70. The molecule has 1 amide bonds. The van der Waals surface area contributed by atoms with Crippen molar-refractivity contribution in [2.24, 2.45) is 0 Å². The molecule has 1 N–H and O–H groups in total. The second-order valence-electron chi connectivity index (χ2n) is 9.48. The van der Waals surface area contributed by atoms with Crippen LogP contribution in [0, 0.1) is 11.3 Å². The number of alkyl halides is 4. The van der Waals surface area contributed by atoms with Gasteiger partial charge in [0.05, 0.1) is 11.6 Å². The predicted octanol–water partition coefficient (Wildman–Crippen LogP) is 5.74. The smallest absolute Gasteiger partial charge is 0.376 e. The van der Waals surface area contributed by atoms with Gasteiger partial charge < -0.3 is 10.0 Å². The maximum absolute atomic E-state index is 15.7. The highest BCUT2D eigenvalue weighted by Gasteiger charge is 2.51. The second kappa shape index (κ2) is 8.70. The lowest BCUT2D eigenvalue weighted by molar-refractivity contribution is -0.258. The highest BCUT2D eigenvalue weighted by atomic mass is 19.4. The molecule has 34 heavy (non-hydrogen) atoms. The quantitative estimate of drug-likeness (QED) is 0.562. The Bertz CT molecular complexity index is 1080. The zero-order valence-electron chi connectivity index (χ0n) is 18.8. The number of nitrogens with zero attached hydrogens (tertiary/aromatic N) is 2. The number of aliphatic hydroxyl groups is 1. The number of amides is 1. The Morgan fingerprint density at radius 1 is 1.00 bits per heavy atom. The average Bonchev–Trinajstić information content (AvgIpc) is 3.65. The van der Waals surface area contributed by atoms with Gasteiger partial charge in [0, 0.05) is 17.6 Å². The van der Waals surface area contributed by atoms with Gasteiger partial charge in [-0.05, 0) is 80.8 Å². The molecule has 2 aromatic carbocycles. The number of benzene rings is 2. The van der Waals surface area contributed by atoms with E-state index < -0.39 is 17.4 Å². The third-order valence-electron chi connectivity index (χ3n) is 7.09. The van der Waals surface area contributed by atoms with Gasteiger partial charge in [0.15, 0.2) is 5.60 Å². The van der Waals surface area contributed by atoms with Gasteiger partial charge in [0.2, 0.25) is 0 Å². The molecule has 2 fully saturated rings. The summed E-state index contributed by atoms with van der Waals surface area (Å²) in [5.74, 6) is -0.282. The van der Waals surface area contributed by atoms with E-state index in [-0.39, 0.29) is 42.0 Å². The molecule has 0 radical (unpaired) electrons. The van der Waals surface area contributed by atoms with Crippen molar-refractivity contribution in [3.8, 4) is 6.07 Å². The summed E-state index contributed by atoms with van der Waals surface area (Å²) in [6.45, 7) is 0.680. The number of carbonyl (C=O) groups excluding carboxylic acids is 1. The molecular formula is C26H26F4N2O2. The molecule has 2 aliphatic carbocycles. The van der Waals surface area contributed by atoms with Crippen molar-refractivity contribution < 1.29 is 27.5 Å². The number of rotatable bonds is 5. The monoisotopic (exact) mass is 474 g/mol. The molecule has 4 nitrogen and oxygen atoms in total. The van der Waals surface area contributed by atoms with Crippen LogP contribution in [-0.4, -0.2) is 34.2 Å². The molecule has 4 rings (SSSR count). The lowest BCUT2D eigenvalue weighted by atomic mass is 9.78. The highest BCUT2D eigenvalue weighted by molar-refractivity contribution is 5.95. The van der Waals surface area contributed by atoms with Crippen LogP contribution in [0.3, 0.4) is 0 Å². The SMILES string of the molecule is C[C@](O)(c1ccc(C(=O)N(C2CC2)[C@H]2CC[C@](F)(c3ccc(C#N)cc3)CC2)cc1)C(F)(F)F. The van der Waals surface area contributed by atoms with Crippen molar-refractivity contribution in [2.75, 3.05) is 0 Å². The minimum Gasteiger partial charge on any atom is -0.376 e. The van der Waals surface area contributed by atoms with Crippen molar-refractivity contribution in [3.63, 3.8) is 0 Å². The zero-order chi connectivity index (χ0) is 24.7. The predicted molar refractivity (Wildman–Crippen MR) is 117 cm³/mol. The van der Waals surface area contributed by atoms with E-state index >= 15 is 4.39 Å². The molecule has 2 aliphatic rings. The van der Waals surface area contributed by atoms with E-state index in [4.69, 9.17) is 5.26 Å². The van der Waals surface area contributed by atoms with Gasteiger partial charge in [-0.1, -0.05) is 24.3 Å². The van der Waals surface area contributed by atoms with Crippen LogP contribution in [0.4, 0.5) is 17.6 Å². The maximum Gasteiger partial charge on any atom is 0.421 e. The van der Waals surface area contributed by atoms with Gasteiger partial charge >= 0.3 is 6.18 Å². The van der Waals surface area contributed by atoms with Crippen LogP contribution in [0.5, 0.6) is 0 Å². The molecule has 0 heterocycles. The molecule has 8 heteroatoms. The van der Waals surface area contributed by atoms with Crippen LogP contribution >= 0.6 is 0 Å². The van der Waals surface area contributed by atoms with Gasteiger partial charge in [-0.2, -0.15) is 18.4 Å². The first-order valence-electron chi connectivity index (χ1n) is 11.4. The Hall–Kier alpha value is -2.92. The average molecular weight is 474 g/mol. The Kier molecular flexibility index (Phi) is 6.19. The first-order valence-corrected chi connectivity index (χ1v) is 11.4. The van der Waals surface area contributed by atoms with E-state index in [1.54, 1.807) is 29.2 Å². The molecule has 0 unspecified atom stereocenters. The minimum atomic E-state index is -4.84. The Balaban J connectivity index is 1.48. The number of hydrogen-bond acceptors (Lipinski definition) is 3. The third kappa shape index (κ3) is 4.54. The van der Waals surface area contributed by atoms with E-state index in [1.807, 2.05) is 6.07 Å². The molecule has 2 aromatic rings. The summed E-state index contributed by atoms with van der Waals surface area (Å²) in [5.41, 5.74) is -3.62. The lowest BCUT2D eigenvalue weighted by Gasteiger charge is -2.40. The summed E-state index contributed by atoms with van der Waals surface area (Å²) in [4.78, 5) is 15.1. The summed E-state index contributed by atoms with van der Waals surface area (Å²) in [5, 5.41) is 18.8. The number of nitriles is 1. The van der Waals surface area contributed by atoms with Crippen molar-refractivity contribution in [3.05, 3.63) is 70.8 Å². The Labute approximate surface area is 195 Å². The normalized spacial score (nSPS) is 24.7. The van der Waals surface area contributed by atoms with Crippen molar-refractivity contribution in [1.29, 1.82) is 5.26 Å². The van der Waals surface area contributed by atoms with Gasteiger partial charge in [-0.25, -0.2) is 4.39 Å². The summed E-state index contributed by atoms with van der Waals surface area (Å²) in [7, 11) is 0. The van der Waals surface area contributed by atoms with E-state index in [2.05, 4.69) is 0 Å². The fourth-order valence-corrected chi connectivity index (χ4v) is 4.70. The van der Waals surface area contributed by atoms with E-state index in [0.29, 0.717) is 30.9 Å². The van der Waals surface area contributed by atoms with Crippen LogP contribution in [0.25, 0.3) is 0 Å². The summed E-state index contributed by atoms with van der Waals surface area (Å²) < 4.78 is 55.0. The number of carbonyl (C=O) groups is 1. The summed E-state index contributed by atoms with van der Waals surface area (Å²) >= 11 is 0. The topological polar surface area (TPSA) is 64.3 Å². The molecule has 0 aromatic heterocycles. The standard InChI is InChI=1S/C26H26F4N2O2/c1-24(34,26(28,29)30)19-8-4-18(5-9-19)23(33)32(21-10-11-21)22-12-14-25(27,15-13-22)20-6-2-17(16-31)3-7-20/h2-9,21-22,34H,10-15H2,1H3/t22-,24-,25+/m0/s1. The lowest BCUT2D eigenvalue weighted by Crippen LogP contribution is -2.45. The van der Waals surface area contributed by atoms with Crippen LogP contribution < -0.4 is 0 Å². The first-order chi connectivity index (χ1) is 16.0. The van der Waals surface area contributed by atoms with Gasteiger partial charge in [-0.3, -0.25) is 4.79 Å². The molecule has 2 saturated carbocycles. The maximum atomic E-state index is 15.7. The zero-order valence-corrected chi connectivity index (χ0v) is 18.8. The van der Waals surface area contributed by atoms with Crippen molar-refractivity contribution in [2.45, 2.75) is 75.0 Å². The van der Waals surface area contributed by atoms with Gasteiger partial charge in [0.1, 0.15) is 5.67 Å². The highest BCUT2D eigenvalue weighted by Crippen LogP contribution is 2.44. The fraction of sp³-hybridized carbons (Fsp3) is 0.462. The minimum absolute atomic E-state index is 0.0532. The van der Waals surface area contributed by atoms with Crippen LogP contribution in [0.15, 0.2) is 48.5 Å². The Morgan fingerprint density at radius 2 is 1.53 bits per heavy atom. The summed E-state index contributed by atoms with van der Waals surface area (Å²) in [6, 6.07) is 13.3. The molecule has 0 aliphatic heterocycles.